The fourth-order valence-electron chi connectivity index (χ4n) is 17.2. The number of allylic oxidation sites excluding steroid dienone is 6. The first-order valence-electron chi connectivity index (χ1n) is 46.0. The number of nitrogens with two attached hydrogens (primary N) is 2. The quantitative estimate of drug-likeness (QED) is 0.0124. The maximum Gasteiger partial charge on any atom is 0.329 e. The number of nitrogen functional groups attached to an aromatic ring is 2. The number of ketones is 3. The van der Waals surface area contributed by atoms with Crippen molar-refractivity contribution >= 4 is 75.1 Å². The molecule has 3 aromatic heterocycles. The van der Waals surface area contributed by atoms with Crippen molar-refractivity contribution in [1.29, 1.82) is 0 Å². The van der Waals surface area contributed by atoms with Crippen LogP contribution in [0.5, 0.6) is 0 Å². The number of aliphatic hydroxyl groups is 2. The largest absolute Gasteiger partial charge is 0.460 e. The highest BCUT2D eigenvalue weighted by Gasteiger charge is 2.53. The van der Waals surface area contributed by atoms with Crippen LogP contribution in [0.2, 0.25) is 0 Å². The third-order valence-corrected chi connectivity index (χ3v) is 24.7. The van der Waals surface area contributed by atoms with Gasteiger partial charge in [0.15, 0.2) is 17.0 Å². The molecule has 5 aliphatic rings. The van der Waals surface area contributed by atoms with Crippen LogP contribution in [-0.4, -0.2) is 281 Å². The number of carbonyl (C=O) groups excluding carboxylic acids is 7. The normalized spacial score (nSPS) is 26.7. The lowest BCUT2D eigenvalue weighted by Crippen LogP contribution is -2.61. The number of Topliss-reactive ketones (excluding diaryl/α,β-unsaturated/α-hetero) is 3. The Bertz CT molecular complexity index is 4510. The number of methoxy groups -OCH3 is 3. The maximum absolute atomic E-state index is 14.7. The smallest absolute Gasteiger partial charge is 0.329 e. The Kier molecular flexibility index (Phi) is 43.4. The monoisotopic (exact) mass is 1800 g/mol. The van der Waals surface area contributed by atoms with Gasteiger partial charge >= 0.3 is 11.9 Å². The van der Waals surface area contributed by atoms with Crippen molar-refractivity contribution < 1.29 is 115 Å². The summed E-state index contributed by atoms with van der Waals surface area (Å²) in [5.74, 6) is -8.32. The van der Waals surface area contributed by atoms with E-state index in [9.17, 15) is 43.8 Å². The highest BCUT2D eigenvalue weighted by Crippen LogP contribution is 2.40. The number of hydrogen-bond acceptors (Lipinski definition) is 30. The van der Waals surface area contributed by atoms with Crippen LogP contribution in [0.3, 0.4) is 0 Å². The molecule has 1 saturated carbocycles. The Balaban J connectivity index is 0.000000353. The first-order valence-corrected chi connectivity index (χ1v) is 46.0. The van der Waals surface area contributed by atoms with Crippen LogP contribution in [-0.2, 0) is 119 Å². The number of ether oxygens (including phenoxy) is 14. The topological polar surface area (TPSA) is 417 Å². The fourth-order valence-corrected chi connectivity index (χ4v) is 17.2. The molecule has 714 valence electrons. The number of amides is 2. The molecule has 0 spiro atoms. The van der Waals surface area contributed by atoms with E-state index in [1.807, 2.05) is 99.7 Å². The van der Waals surface area contributed by atoms with E-state index in [1.54, 1.807) is 41.1 Å². The van der Waals surface area contributed by atoms with Crippen molar-refractivity contribution in [2.45, 2.75) is 233 Å². The van der Waals surface area contributed by atoms with Gasteiger partial charge in [-0.3, -0.25) is 28.8 Å². The molecule has 2 amide bonds. The Morgan fingerprint density at radius 1 is 0.698 bits per heavy atom. The third-order valence-electron chi connectivity index (χ3n) is 24.7. The van der Waals surface area contributed by atoms with Gasteiger partial charge in [-0.05, 0) is 169 Å². The number of fused-ring (bicyclic) bond motifs is 6. The minimum absolute atomic E-state index is 0.00341. The molecule has 10 rings (SSSR count). The molecule has 15 atom stereocenters. The van der Waals surface area contributed by atoms with E-state index in [4.69, 9.17) is 87.3 Å². The first kappa shape index (κ1) is 104. The Morgan fingerprint density at radius 2 is 1.38 bits per heavy atom. The number of aromatic nitrogens is 5. The molecular weight excluding hydrogens is 1660 g/mol. The number of oxazole rings is 1. The van der Waals surface area contributed by atoms with E-state index >= 15 is 0 Å². The highest BCUT2D eigenvalue weighted by atomic mass is 16.6. The lowest BCUT2D eigenvalue weighted by atomic mass is 9.78. The summed E-state index contributed by atoms with van der Waals surface area (Å²) in [4.78, 5) is 114. The molecule has 7 heterocycles. The van der Waals surface area contributed by atoms with Crippen molar-refractivity contribution in [2.24, 2.45) is 35.5 Å². The number of esters is 2. The molecular formula is C96H141N9O24. The summed E-state index contributed by atoms with van der Waals surface area (Å²) >= 11 is 0. The zero-order valence-corrected chi connectivity index (χ0v) is 77.7. The fraction of sp³-hybridized carbons (Fsp3) is 0.656. The van der Waals surface area contributed by atoms with Gasteiger partial charge in [-0.1, -0.05) is 89.3 Å². The zero-order valence-electron chi connectivity index (χ0n) is 77.7. The van der Waals surface area contributed by atoms with Crippen LogP contribution in [0.1, 0.15) is 175 Å². The second-order valence-electron chi connectivity index (χ2n) is 34.3. The summed E-state index contributed by atoms with van der Waals surface area (Å²) in [6.45, 7) is 26.2. The van der Waals surface area contributed by atoms with Gasteiger partial charge in [0.05, 0.1) is 123 Å². The number of hydrogen-bond donors (Lipinski definition) is 4. The summed E-state index contributed by atoms with van der Waals surface area (Å²) in [6.07, 6.45) is 13.8. The average Bonchev–Trinajstić information content (AvgIpc) is 1.70. The maximum atomic E-state index is 14.7. The molecule has 2 bridgehead atoms. The standard InChI is InChI=1S/C65H105NO19.C31H36N8O5/c1-12-78-29-30-80-33-34-82-36-35-81-32-31-79-28-18-22-58(68)83-54-26-24-50(40-57(54)76-10)39-46(5)56-42-53(67)45(4)38-48(7)60(70)61(77-11)59(69)47(6)37-43(2)19-14-13-15-20-44(3)55(75-9)41-51-25-23-49(8)65(74,85-51)62(71)63(72)66-27-17-16-21-52(66)64(73)84-56;1-2-41-11-12-43-14-13-42-10-8-26(40)38-9-7-21-15-20(3-4-23(21)18-38)17-39-30-27(29(32)34-19-35-30)28(37-39)22-5-6-25-24(16-22)36-31(33)44-25/h13-15,19-20,38,43,45-47,49-52,54-57,60-61,70,74H,12,16-18,21-37,39-42H2,1-11H3;3-6,15-16,19H,2,7-14,17-18H2,1H3,(H2,33,36)(H2,32,34,35)/b15-13+,19-14+,44-20+,48-38+;/t43-,45-,46-,47-,49-,50+,51+,52+,54-,55+,56+,57-,60-,61+,65-;/m1./s1. The van der Waals surface area contributed by atoms with E-state index in [0.29, 0.717) is 242 Å². The lowest BCUT2D eigenvalue weighted by molar-refractivity contribution is -0.265. The molecule has 1 aliphatic carbocycles. The molecule has 33 heteroatoms. The van der Waals surface area contributed by atoms with Crippen LogP contribution in [0.4, 0.5) is 11.8 Å². The predicted molar refractivity (Wildman–Crippen MR) is 483 cm³/mol. The number of piperidine rings is 1. The number of cyclic esters (lactones) is 1. The molecule has 5 aromatic rings. The molecule has 129 heavy (non-hydrogen) atoms. The number of rotatable bonds is 37. The van der Waals surface area contributed by atoms with Crippen LogP contribution >= 0.6 is 0 Å². The molecule has 2 aromatic carbocycles. The van der Waals surface area contributed by atoms with Gasteiger partial charge in [-0.2, -0.15) is 10.1 Å². The molecule has 0 radical (unpaired) electrons. The van der Waals surface area contributed by atoms with Crippen molar-refractivity contribution in [3.8, 4) is 11.3 Å². The Labute approximate surface area is 758 Å². The minimum Gasteiger partial charge on any atom is -0.460 e. The van der Waals surface area contributed by atoms with E-state index in [1.165, 1.54) is 23.9 Å². The minimum atomic E-state index is -2.46. The molecule has 0 unspecified atom stereocenters. The summed E-state index contributed by atoms with van der Waals surface area (Å²) in [7, 11) is 4.52. The molecule has 6 N–H and O–H groups in total. The zero-order chi connectivity index (χ0) is 92.9. The summed E-state index contributed by atoms with van der Waals surface area (Å²) in [5.41, 5.74) is 20.1. The Hall–Kier alpha value is -8.65. The molecule has 2 saturated heterocycles. The lowest BCUT2D eigenvalue weighted by Gasteiger charge is -2.42. The highest BCUT2D eigenvalue weighted by molar-refractivity contribution is 6.39. The number of nitrogens with zero attached hydrogens (tertiary/aromatic N) is 7. The molecule has 3 fully saturated rings. The van der Waals surface area contributed by atoms with Gasteiger partial charge in [-0.15, -0.1) is 0 Å². The van der Waals surface area contributed by atoms with E-state index in [2.05, 4.69) is 33.2 Å². The van der Waals surface area contributed by atoms with Gasteiger partial charge in [0, 0.05) is 103 Å². The summed E-state index contributed by atoms with van der Waals surface area (Å²) < 4.78 is 86.8. The van der Waals surface area contributed by atoms with Gasteiger partial charge in [0.1, 0.15) is 59.6 Å². The van der Waals surface area contributed by atoms with Crippen LogP contribution < -0.4 is 11.5 Å². The molecule has 4 aliphatic heterocycles. The average molecular weight is 1810 g/mol. The van der Waals surface area contributed by atoms with Crippen molar-refractivity contribution in [2.75, 3.05) is 152 Å². The number of benzene rings is 2. The summed E-state index contributed by atoms with van der Waals surface area (Å²) in [6, 6.07) is 10.8. The van der Waals surface area contributed by atoms with Gasteiger partial charge in [-0.25, -0.2) is 19.4 Å². The van der Waals surface area contributed by atoms with Crippen LogP contribution in [0.15, 0.2) is 94.7 Å². The van der Waals surface area contributed by atoms with Crippen molar-refractivity contribution in [1.82, 2.24) is 34.5 Å². The number of carbonyl (C=O) groups is 7. The van der Waals surface area contributed by atoms with Gasteiger partial charge in [0.2, 0.25) is 11.7 Å². The third kappa shape index (κ3) is 31.2. The predicted octanol–water partition coefficient (Wildman–Crippen LogP) is 10.8. The van der Waals surface area contributed by atoms with Gasteiger partial charge in [0.25, 0.3) is 17.7 Å². The second-order valence-corrected chi connectivity index (χ2v) is 34.3. The second kappa shape index (κ2) is 53.8. The van der Waals surface area contributed by atoms with Crippen molar-refractivity contribution in [3.05, 3.63) is 107 Å². The van der Waals surface area contributed by atoms with Crippen LogP contribution in [0, 0.1) is 35.5 Å². The van der Waals surface area contributed by atoms with Crippen LogP contribution in [0.25, 0.3) is 33.4 Å². The number of aliphatic hydroxyl groups excluding tert-OH is 1. The Morgan fingerprint density at radius 3 is 2.05 bits per heavy atom. The van der Waals surface area contributed by atoms with Crippen molar-refractivity contribution in [3.63, 3.8) is 0 Å². The number of anilines is 2. The summed E-state index contributed by atoms with van der Waals surface area (Å²) in [5, 5.41) is 29.2. The van der Waals surface area contributed by atoms with E-state index in [0.717, 1.165) is 28.7 Å². The van der Waals surface area contributed by atoms with Gasteiger partial charge < -0.3 is 102 Å². The van der Waals surface area contributed by atoms with E-state index < -0.39 is 95.9 Å². The molecule has 33 nitrogen and oxygen atoms in total. The SMILES string of the molecule is CCOCCOCCOCCC(=O)N1CCc2cc(Cn3nc(-c4ccc5oc(N)nc5c4)c4c(N)ncnc43)ccc2C1.CCOCCOCCOCCOCCOCCCC(=O)O[C@@H]1CC[C@@H](C[C@@H](C)[C@@H]2CC(=O)[C@H](C)/C=C(\C)[C@@H](O)[C@@H](OC)C(=O)[C@H](C)C[C@H](C)/C=C/C=C/C=C(\C)[C@@H](OC)C[C@@H]3CC[C@@H](C)[C@@](O)(O3)C(=O)C(=O)N3CCCC[C@H]3C(=O)O2)C[C@H]1OC. The first-order chi connectivity index (χ1) is 62.2. The van der Waals surface area contributed by atoms with E-state index in [-0.39, 0.29) is 67.1 Å².